The van der Waals surface area contributed by atoms with Crippen molar-refractivity contribution in [1.29, 1.82) is 0 Å². The number of nitrogens with one attached hydrogen (secondary N) is 1. The smallest absolute Gasteiger partial charge is 0.255 e. The molecule has 1 saturated carbocycles. The fourth-order valence-electron chi connectivity index (χ4n) is 7.49. The molecule has 11 heteroatoms. The van der Waals surface area contributed by atoms with Gasteiger partial charge in [-0.25, -0.2) is 0 Å². The molecule has 0 spiro atoms. The van der Waals surface area contributed by atoms with E-state index in [0.29, 0.717) is 22.8 Å². The summed E-state index contributed by atoms with van der Waals surface area (Å²) in [6.45, 7) is 17.5. The summed E-state index contributed by atoms with van der Waals surface area (Å²) in [5.41, 5.74) is 1.32. The fourth-order valence-corrected chi connectivity index (χ4v) is 13.2. The van der Waals surface area contributed by atoms with Gasteiger partial charge < -0.3 is 37.9 Å². The zero-order chi connectivity index (χ0) is 29.7. The molecule has 6 atom stereocenters. The number of fused-ring (bicyclic) bond motifs is 6. The SMILES string of the molecule is CC[Si](CC)(CC)O[C@@H]1[C@H]2OC(C)(C)O[C@H]2[C@@H]2NC(=O)c3c(cc4c(c3OC)OCO4)[C@H]2[C@@H]1O[Si](CC)(CC)CC. The van der Waals surface area contributed by atoms with Crippen LogP contribution >= 0.6 is 0 Å². The van der Waals surface area contributed by atoms with Gasteiger partial charge in [0.25, 0.3) is 5.91 Å². The van der Waals surface area contributed by atoms with E-state index in [4.69, 9.17) is 32.5 Å². The molecule has 3 heterocycles. The third-order valence-corrected chi connectivity index (χ3v) is 19.6. The van der Waals surface area contributed by atoms with Gasteiger partial charge in [-0.15, -0.1) is 0 Å². The molecule has 3 aliphatic heterocycles. The number of amides is 1. The number of carbonyl (C=O) groups is 1. The zero-order valence-electron chi connectivity index (χ0n) is 26.3. The van der Waals surface area contributed by atoms with Crippen LogP contribution in [-0.4, -0.2) is 72.7 Å². The van der Waals surface area contributed by atoms with Gasteiger partial charge in [-0.05, 0) is 61.7 Å². The molecule has 230 valence electrons. The largest absolute Gasteiger partial charge is 0.492 e. The summed E-state index contributed by atoms with van der Waals surface area (Å²) in [5.74, 6) is 0.166. The molecule has 9 nitrogen and oxygen atoms in total. The van der Waals surface area contributed by atoms with Crippen LogP contribution < -0.4 is 19.5 Å². The van der Waals surface area contributed by atoms with Crippen LogP contribution in [0.15, 0.2) is 6.07 Å². The zero-order valence-corrected chi connectivity index (χ0v) is 28.3. The standard InChI is InChI=1S/C30H49NO8Si2/c1-10-40(11-2,12-3)38-25-20-18-16-19-23(35-17-34-19)24(33-9)21(18)29(32)31-22(20)26-27(37-30(7,8)36-26)28(25)39-41(13-4,14-5)15-6/h16,20,22,25-28H,10-15,17H2,1-9H3,(H,31,32)/t20-,22-,25+,26+,27+,28+/m1/s1. The van der Waals surface area contributed by atoms with Gasteiger partial charge in [0.15, 0.2) is 33.9 Å². The van der Waals surface area contributed by atoms with E-state index in [1.54, 1.807) is 7.11 Å². The fraction of sp³-hybridized carbons (Fsp3) is 0.767. The highest BCUT2D eigenvalue weighted by Crippen LogP contribution is 2.54. The lowest BCUT2D eigenvalue weighted by Gasteiger charge is -2.53. The van der Waals surface area contributed by atoms with Gasteiger partial charge in [-0.3, -0.25) is 4.79 Å². The lowest BCUT2D eigenvalue weighted by molar-refractivity contribution is -0.157. The third kappa shape index (κ3) is 5.04. The monoisotopic (exact) mass is 607 g/mol. The van der Waals surface area contributed by atoms with Crippen molar-refractivity contribution >= 4 is 22.5 Å². The Bertz CT molecular complexity index is 1120. The van der Waals surface area contributed by atoms with Crippen molar-refractivity contribution in [3.63, 3.8) is 0 Å². The summed E-state index contributed by atoms with van der Waals surface area (Å²) in [6, 6.07) is 7.62. The predicted octanol–water partition coefficient (Wildman–Crippen LogP) is 5.93. The van der Waals surface area contributed by atoms with Gasteiger partial charge in [0.05, 0.1) is 30.9 Å². The molecule has 0 bridgehead atoms. The van der Waals surface area contributed by atoms with Crippen molar-refractivity contribution in [2.75, 3.05) is 13.9 Å². The van der Waals surface area contributed by atoms with Crippen molar-refractivity contribution < 1.29 is 37.3 Å². The van der Waals surface area contributed by atoms with Crippen molar-refractivity contribution in [2.24, 2.45) is 0 Å². The molecule has 1 aromatic carbocycles. The summed E-state index contributed by atoms with van der Waals surface area (Å²) in [7, 11) is -2.70. The maximum absolute atomic E-state index is 13.8. The predicted molar refractivity (Wildman–Crippen MR) is 161 cm³/mol. The Morgan fingerprint density at radius 3 is 2.00 bits per heavy atom. The first-order valence-corrected chi connectivity index (χ1v) is 20.6. The van der Waals surface area contributed by atoms with Gasteiger partial charge >= 0.3 is 0 Å². The molecule has 1 saturated heterocycles. The van der Waals surface area contributed by atoms with Crippen molar-refractivity contribution in [1.82, 2.24) is 5.32 Å². The van der Waals surface area contributed by atoms with Crippen LogP contribution in [0.3, 0.4) is 0 Å². The summed E-state index contributed by atoms with van der Waals surface area (Å²) in [4.78, 5) is 13.8. The van der Waals surface area contributed by atoms with Crippen LogP contribution in [0.1, 0.15) is 77.2 Å². The van der Waals surface area contributed by atoms with Crippen LogP contribution in [0, 0.1) is 0 Å². The normalized spacial score (nSPS) is 29.9. The second kappa shape index (κ2) is 11.5. The molecule has 41 heavy (non-hydrogen) atoms. The number of hydrogen-bond donors (Lipinski definition) is 1. The number of ether oxygens (including phenoxy) is 5. The first-order chi connectivity index (χ1) is 19.6. The Labute approximate surface area is 247 Å². The van der Waals surface area contributed by atoms with E-state index in [1.165, 1.54) is 0 Å². The van der Waals surface area contributed by atoms with Crippen LogP contribution in [0.25, 0.3) is 0 Å². The van der Waals surface area contributed by atoms with Crippen molar-refractivity contribution in [2.45, 2.75) is 134 Å². The maximum Gasteiger partial charge on any atom is 0.255 e. The molecule has 0 unspecified atom stereocenters. The maximum atomic E-state index is 13.8. The van der Waals surface area contributed by atoms with E-state index < -0.39 is 28.5 Å². The van der Waals surface area contributed by atoms with Crippen LogP contribution in [0.4, 0.5) is 0 Å². The Morgan fingerprint density at radius 2 is 1.44 bits per heavy atom. The minimum Gasteiger partial charge on any atom is -0.492 e. The van der Waals surface area contributed by atoms with E-state index in [2.05, 4.69) is 46.9 Å². The lowest BCUT2D eigenvalue weighted by atomic mass is 9.70. The van der Waals surface area contributed by atoms with Gasteiger partial charge in [-0.1, -0.05) is 41.5 Å². The number of hydrogen-bond acceptors (Lipinski definition) is 8. The Kier molecular flexibility index (Phi) is 8.61. The molecule has 1 aliphatic carbocycles. The Morgan fingerprint density at radius 1 is 0.878 bits per heavy atom. The minimum atomic E-state index is -2.15. The molecular weight excluding hydrogens is 559 g/mol. The van der Waals surface area contributed by atoms with Crippen LogP contribution in [0.5, 0.6) is 17.2 Å². The summed E-state index contributed by atoms with van der Waals surface area (Å²) in [6.07, 6.45) is -1.45. The van der Waals surface area contributed by atoms with Crippen molar-refractivity contribution in [3.05, 3.63) is 17.2 Å². The summed E-state index contributed by atoms with van der Waals surface area (Å²) < 4.78 is 45.6. The number of rotatable bonds is 11. The molecule has 2 fully saturated rings. The molecule has 1 aromatic rings. The summed E-state index contributed by atoms with van der Waals surface area (Å²) in [5, 5.41) is 3.32. The van der Waals surface area contributed by atoms with Crippen LogP contribution in [0.2, 0.25) is 36.3 Å². The molecule has 1 N–H and O–H groups in total. The highest BCUT2D eigenvalue weighted by Gasteiger charge is 2.63. The lowest BCUT2D eigenvalue weighted by Crippen LogP contribution is -2.69. The summed E-state index contributed by atoms with van der Waals surface area (Å²) >= 11 is 0. The molecule has 4 aliphatic rings. The van der Waals surface area contributed by atoms with E-state index in [-0.39, 0.29) is 43.0 Å². The van der Waals surface area contributed by atoms with Gasteiger partial charge in [-0.2, -0.15) is 0 Å². The molecule has 0 aromatic heterocycles. The quantitative estimate of drug-likeness (QED) is 0.309. The Hall–Kier alpha value is -1.64. The molecular formula is C30H49NO8Si2. The van der Waals surface area contributed by atoms with Gasteiger partial charge in [0.1, 0.15) is 12.2 Å². The number of methoxy groups -OCH3 is 1. The van der Waals surface area contributed by atoms with E-state index in [1.807, 2.05) is 19.9 Å². The van der Waals surface area contributed by atoms with Gasteiger partial charge in [0, 0.05) is 5.92 Å². The van der Waals surface area contributed by atoms with E-state index in [9.17, 15) is 4.79 Å². The highest BCUT2D eigenvalue weighted by atomic mass is 28.4. The highest BCUT2D eigenvalue weighted by molar-refractivity contribution is 6.74. The first-order valence-electron chi connectivity index (χ1n) is 15.6. The van der Waals surface area contributed by atoms with E-state index >= 15 is 0 Å². The topological polar surface area (TPSA) is 93.7 Å². The second-order valence-electron chi connectivity index (χ2n) is 12.3. The third-order valence-electron chi connectivity index (χ3n) is 10.3. The minimum absolute atomic E-state index is 0.0843. The first kappa shape index (κ1) is 30.8. The van der Waals surface area contributed by atoms with Gasteiger partial charge in [0.2, 0.25) is 12.5 Å². The van der Waals surface area contributed by atoms with E-state index in [0.717, 1.165) is 41.8 Å². The van der Waals surface area contributed by atoms with Crippen LogP contribution in [-0.2, 0) is 18.3 Å². The van der Waals surface area contributed by atoms with Crippen molar-refractivity contribution in [3.8, 4) is 17.2 Å². The molecule has 0 radical (unpaired) electrons. The molecule has 1 amide bonds. The number of benzene rings is 1. The Balaban J connectivity index is 1.74. The molecule has 5 rings (SSSR count). The number of carbonyl (C=O) groups excluding carboxylic acids is 1. The second-order valence-corrected chi connectivity index (χ2v) is 21.8. The average Bonchev–Trinajstić information content (AvgIpc) is 3.58. The average molecular weight is 608 g/mol.